The van der Waals surface area contributed by atoms with Crippen LogP contribution in [-0.2, 0) is 4.79 Å². The molecule has 1 amide bonds. The minimum atomic E-state index is -0.352. The van der Waals surface area contributed by atoms with E-state index in [0.29, 0.717) is 24.5 Å². The summed E-state index contributed by atoms with van der Waals surface area (Å²) < 4.78 is 12.8. The van der Waals surface area contributed by atoms with E-state index >= 15 is 0 Å². The lowest BCUT2D eigenvalue weighted by Crippen LogP contribution is -2.29. The van der Waals surface area contributed by atoms with Crippen LogP contribution >= 0.6 is 0 Å². The highest BCUT2D eigenvalue weighted by Crippen LogP contribution is 2.28. The SMILES string of the molecule is Nc1cc(F)ccc1NCCNC(=O)C1CC1. The van der Waals surface area contributed by atoms with Crippen LogP contribution in [0.25, 0.3) is 0 Å². The number of nitrogens with two attached hydrogens (primary N) is 1. The molecular formula is C12H16FN3O. The Labute approximate surface area is 99.4 Å². The Kier molecular flexibility index (Phi) is 3.46. The lowest BCUT2D eigenvalue weighted by Gasteiger charge is -2.09. The van der Waals surface area contributed by atoms with Crippen molar-refractivity contribution >= 4 is 17.3 Å². The molecule has 1 aromatic carbocycles. The Balaban J connectivity index is 1.72. The molecule has 1 fully saturated rings. The summed E-state index contributed by atoms with van der Waals surface area (Å²) in [5, 5.41) is 5.88. The number of nitrogen functional groups attached to an aromatic ring is 1. The van der Waals surface area contributed by atoms with E-state index in [-0.39, 0.29) is 17.6 Å². The first-order chi connectivity index (χ1) is 8.16. The van der Waals surface area contributed by atoms with E-state index in [1.165, 1.54) is 12.1 Å². The van der Waals surface area contributed by atoms with Crippen molar-refractivity contribution in [3.63, 3.8) is 0 Å². The summed E-state index contributed by atoms with van der Waals surface area (Å²) in [6, 6.07) is 4.21. The van der Waals surface area contributed by atoms with Crippen LogP contribution in [0, 0.1) is 11.7 Å². The second-order valence-corrected chi connectivity index (χ2v) is 4.22. The molecular weight excluding hydrogens is 221 g/mol. The number of hydrogen-bond acceptors (Lipinski definition) is 3. The maximum Gasteiger partial charge on any atom is 0.223 e. The zero-order valence-corrected chi connectivity index (χ0v) is 9.50. The molecule has 5 heteroatoms. The number of amides is 1. The Morgan fingerprint density at radius 2 is 2.18 bits per heavy atom. The Hall–Kier alpha value is -1.78. The largest absolute Gasteiger partial charge is 0.397 e. The number of halogens is 1. The standard InChI is InChI=1S/C12H16FN3O/c13-9-3-4-11(10(14)7-9)15-5-6-16-12(17)8-1-2-8/h3-4,7-8,15H,1-2,5-6,14H2,(H,16,17). The van der Waals surface area contributed by atoms with Gasteiger partial charge < -0.3 is 16.4 Å². The van der Waals surface area contributed by atoms with E-state index < -0.39 is 0 Å². The molecule has 0 aliphatic heterocycles. The van der Waals surface area contributed by atoms with Gasteiger partial charge in [0.15, 0.2) is 0 Å². The summed E-state index contributed by atoms with van der Waals surface area (Å²) in [7, 11) is 0. The Bertz CT molecular complexity index is 418. The van der Waals surface area contributed by atoms with Crippen LogP contribution in [0.5, 0.6) is 0 Å². The highest BCUT2D eigenvalue weighted by Gasteiger charge is 2.28. The van der Waals surface area contributed by atoms with Crippen molar-refractivity contribution in [2.75, 3.05) is 24.1 Å². The summed E-state index contributed by atoms with van der Waals surface area (Å²) in [6.07, 6.45) is 2.01. The molecule has 0 atom stereocenters. The van der Waals surface area contributed by atoms with Crippen LogP contribution in [0.2, 0.25) is 0 Å². The van der Waals surface area contributed by atoms with E-state index in [4.69, 9.17) is 5.73 Å². The average molecular weight is 237 g/mol. The van der Waals surface area contributed by atoms with E-state index in [0.717, 1.165) is 12.8 Å². The second-order valence-electron chi connectivity index (χ2n) is 4.22. The minimum Gasteiger partial charge on any atom is -0.397 e. The van der Waals surface area contributed by atoms with Gasteiger partial charge in [-0.3, -0.25) is 4.79 Å². The number of rotatable bonds is 5. The smallest absolute Gasteiger partial charge is 0.223 e. The fraction of sp³-hybridized carbons (Fsp3) is 0.417. The topological polar surface area (TPSA) is 67.2 Å². The molecule has 4 N–H and O–H groups in total. The average Bonchev–Trinajstić information content (AvgIpc) is 3.10. The molecule has 4 nitrogen and oxygen atoms in total. The lowest BCUT2D eigenvalue weighted by atomic mass is 10.2. The molecule has 1 saturated carbocycles. The number of nitrogens with one attached hydrogen (secondary N) is 2. The maximum absolute atomic E-state index is 12.8. The van der Waals surface area contributed by atoms with Crippen molar-refractivity contribution in [1.29, 1.82) is 0 Å². The summed E-state index contributed by atoms with van der Waals surface area (Å²) in [6.45, 7) is 1.13. The minimum absolute atomic E-state index is 0.124. The second kappa shape index (κ2) is 5.03. The normalized spacial score (nSPS) is 14.4. The molecule has 0 heterocycles. The van der Waals surface area contributed by atoms with E-state index in [1.807, 2.05) is 0 Å². The number of hydrogen-bond donors (Lipinski definition) is 3. The molecule has 1 aliphatic carbocycles. The number of benzene rings is 1. The molecule has 0 spiro atoms. The number of anilines is 2. The summed E-state index contributed by atoms with van der Waals surface area (Å²) in [5.74, 6) is -0.000134. The molecule has 92 valence electrons. The summed E-state index contributed by atoms with van der Waals surface area (Å²) in [5.41, 5.74) is 6.69. The van der Waals surface area contributed by atoms with E-state index in [2.05, 4.69) is 10.6 Å². The van der Waals surface area contributed by atoms with Crippen LogP contribution in [0.1, 0.15) is 12.8 Å². The van der Waals surface area contributed by atoms with Gasteiger partial charge in [-0.25, -0.2) is 4.39 Å². The van der Waals surface area contributed by atoms with Crippen molar-refractivity contribution in [3.8, 4) is 0 Å². The first kappa shape index (κ1) is 11.7. The Morgan fingerprint density at radius 1 is 1.41 bits per heavy atom. The predicted molar refractivity (Wildman–Crippen MR) is 65.0 cm³/mol. The third kappa shape index (κ3) is 3.34. The molecule has 2 rings (SSSR count). The van der Waals surface area contributed by atoms with Gasteiger partial charge in [0.1, 0.15) is 5.82 Å². The van der Waals surface area contributed by atoms with Crippen LogP contribution in [0.15, 0.2) is 18.2 Å². The van der Waals surface area contributed by atoms with Crippen molar-refractivity contribution in [2.45, 2.75) is 12.8 Å². The predicted octanol–water partition coefficient (Wildman–Crippen LogP) is 1.35. The van der Waals surface area contributed by atoms with Crippen LogP contribution in [0.4, 0.5) is 15.8 Å². The van der Waals surface area contributed by atoms with Gasteiger partial charge in [0.2, 0.25) is 5.91 Å². The van der Waals surface area contributed by atoms with E-state index in [1.54, 1.807) is 6.07 Å². The zero-order chi connectivity index (χ0) is 12.3. The van der Waals surface area contributed by atoms with Gasteiger partial charge in [0.05, 0.1) is 11.4 Å². The fourth-order valence-electron chi connectivity index (χ4n) is 1.57. The molecule has 1 aromatic rings. The quantitative estimate of drug-likeness (QED) is 0.535. The van der Waals surface area contributed by atoms with E-state index in [9.17, 15) is 9.18 Å². The van der Waals surface area contributed by atoms with Crippen LogP contribution in [-0.4, -0.2) is 19.0 Å². The molecule has 0 radical (unpaired) electrons. The third-order valence-electron chi connectivity index (χ3n) is 2.70. The zero-order valence-electron chi connectivity index (χ0n) is 9.50. The third-order valence-corrected chi connectivity index (χ3v) is 2.70. The Morgan fingerprint density at radius 3 is 2.82 bits per heavy atom. The van der Waals surface area contributed by atoms with Gasteiger partial charge in [-0.15, -0.1) is 0 Å². The molecule has 0 bridgehead atoms. The molecule has 1 aliphatic rings. The monoisotopic (exact) mass is 237 g/mol. The number of carbonyl (C=O) groups excluding carboxylic acids is 1. The number of carbonyl (C=O) groups is 1. The molecule has 17 heavy (non-hydrogen) atoms. The van der Waals surface area contributed by atoms with Gasteiger partial charge in [0, 0.05) is 19.0 Å². The van der Waals surface area contributed by atoms with Crippen molar-refractivity contribution in [3.05, 3.63) is 24.0 Å². The van der Waals surface area contributed by atoms with Crippen LogP contribution in [0.3, 0.4) is 0 Å². The highest BCUT2D eigenvalue weighted by atomic mass is 19.1. The maximum atomic E-state index is 12.8. The van der Waals surface area contributed by atoms with Gasteiger partial charge in [-0.05, 0) is 31.0 Å². The molecule has 0 aromatic heterocycles. The lowest BCUT2D eigenvalue weighted by molar-refractivity contribution is -0.122. The van der Waals surface area contributed by atoms with Crippen molar-refractivity contribution in [1.82, 2.24) is 5.32 Å². The molecule has 0 unspecified atom stereocenters. The fourth-order valence-corrected chi connectivity index (χ4v) is 1.57. The highest BCUT2D eigenvalue weighted by molar-refractivity contribution is 5.80. The van der Waals surface area contributed by atoms with Crippen LogP contribution < -0.4 is 16.4 Å². The molecule has 0 saturated heterocycles. The summed E-state index contributed by atoms with van der Waals surface area (Å²) >= 11 is 0. The van der Waals surface area contributed by atoms with Gasteiger partial charge >= 0.3 is 0 Å². The van der Waals surface area contributed by atoms with Crippen molar-refractivity contribution in [2.24, 2.45) is 5.92 Å². The van der Waals surface area contributed by atoms with Gasteiger partial charge in [-0.2, -0.15) is 0 Å². The first-order valence-corrected chi connectivity index (χ1v) is 5.73. The van der Waals surface area contributed by atoms with Gasteiger partial charge in [-0.1, -0.05) is 0 Å². The summed E-state index contributed by atoms with van der Waals surface area (Å²) in [4.78, 5) is 11.3. The first-order valence-electron chi connectivity index (χ1n) is 5.73. The van der Waals surface area contributed by atoms with Gasteiger partial charge in [0.25, 0.3) is 0 Å². The van der Waals surface area contributed by atoms with Crippen molar-refractivity contribution < 1.29 is 9.18 Å².